The van der Waals surface area contributed by atoms with E-state index in [1.165, 1.54) is 0 Å². The number of carbonyl (C=O) groups is 2. The van der Waals surface area contributed by atoms with Crippen LogP contribution in [0, 0.1) is 0 Å². The molecule has 0 aromatic rings. The minimum absolute atomic E-state index is 0.218. The predicted octanol–water partition coefficient (Wildman–Crippen LogP) is 0.399. The van der Waals surface area contributed by atoms with Gasteiger partial charge in [-0.25, -0.2) is 9.59 Å². The molecule has 1 rings (SSSR count). The Morgan fingerprint density at radius 3 is 2.79 bits per heavy atom. The van der Waals surface area contributed by atoms with Crippen LogP contribution in [0.1, 0.15) is 33.1 Å². The monoisotopic (exact) mass is 287 g/mol. The molecule has 1 N–H and O–H groups in total. The number of hydrogen-bond donors (Lipinski definition) is 1. The lowest BCUT2D eigenvalue weighted by Crippen LogP contribution is -2.36. The zero-order chi connectivity index (χ0) is 14.3. The van der Waals surface area contributed by atoms with Crippen molar-refractivity contribution >= 4 is 22.3 Å². The number of ether oxygens (including phenoxy) is 2. The highest BCUT2D eigenvalue weighted by molar-refractivity contribution is 6.16. The van der Waals surface area contributed by atoms with Crippen LogP contribution in [0.15, 0.2) is 11.6 Å². The fourth-order valence-electron chi connectivity index (χ4n) is 1.92. The van der Waals surface area contributed by atoms with Gasteiger partial charge >= 0.3 is 12.1 Å². The van der Waals surface area contributed by atoms with Gasteiger partial charge in [0.25, 0.3) is 0 Å². The zero-order valence-corrected chi connectivity index (χ0v) is 13.7. The fraction of sp³-hybridized carbons (Fsp3) is 0.667. The molecule has 0 radical (unpaired) electrons. The SMILES string of the molecule is CCOC(=O)NOC(=O)C(C)=CC1([SiH3])CCCCO1. The maximum Gasteiger partial charge on any atom is 0.440 e. The number of hydrogen-bond acceptors (Lipinski definition) is 5. The van der Waals surface area contributed by atoms with Crippen molar-refractivity contribution in [3.8, 4) is 0 Å². The van der Waals surface area contributed by atoms with Crippen molar-refractivity contribution in [1.29, 1.82) is 0 Å². The highest BCUT2D eigenvalue weighted by atomic mass is 28.1. The van der Waals surface area contributed by atoms with Crippen LogP contribution < -0.4 is 5.48 Å². The Labute approximate surface area is 115 Å². The average molecular weight is 287 g/mol. The molecule has 19 heavy (non-hydrogen) atoms. The number of nitrogens with one attached hydrogen (secondary N) is 1. The molecule has 1 unspecified atom stereocenters. The maximum absolute atomic E-state index is 11.7. The summed E-state index contributed by atoms with van der Waals surface area (Å²) < 4.78 is 10.3. The Bertz CT molecular complexity index is 363. The normalized spacial score (nSPS) is 23.8. The summed E-state index contributed by atoms with van der Waals surface area (Å²) in [5.41, 5.74) is 2.36. The van der Waals surface area contributed by atoms with E-state index in [1.54, 1.807) is 19.9 Å². The van der Waals surface area contributed by atoms with E-state index in [4.69, 9.17) is 4.74 Å². The van der Waals surface area contributed by atoms with Gasteiger partial charge in [-0.3, -0.25) is 0 Å². The van der Waals surface area contributed by atoms with Crippen LogP contribution in [-0.2, 0) is 19.1 Å². The standard InChI is InChI=1S/C12H21NO5Si/c1-3-16-11(15)13-18-10(14)9(2)8-12(19)6-4-5-7-17-12/h8H,3-7H2,1-2,19H3,(H,13,15). The molecule has 1 saturated heterocycles. The van der Waals surface area contributed by atoms with Crippen LogP contribution in [0.3, 0.4) is 0 Å². The third kappa shape index (κ3) is 5.44. The zero-order valence-electron chi connectivity index (χ0n) is 11.7. The lowest BCUT2D eigenvalue weighted by Gasteiger charge is -2.31. The first-order valence-electron chi connectivity index (χ1n) is 6.44. The van der Waals surface area contributed by atoms with E-state index in [0.29, 0.717) is 5.57 Å². The molecule has 1 amide bonds. The van der Waals surface area contributed by atoms with E-state index >= 15 is 0 Å². The summed E-state index contributed by atoms with van der Waals surface area (Å²) in [5, 5.41) is -0.300. The molecule has 1 fully saturated rings. The van der Waals surface area contributed by atoms with Crippen molar-refractivity contribution in [3.05, 3.63) is 11.6 Å². The smallest absolute Gasteiger partial charge is 0.440 e. The molecule has 0 aromatic carbocycles. The van der Waals surface area contributed by atoms with Crippen molar-refractivity contribution in [2.75, 3.05) is 13.2 Å². The van der Waals surface area contributed by atoms with Crippen LogP contribution in [-0.4, -0.2) is 40.7 Å². The van der Waals surface area contributed by atoms with Crippen molar-refractivity contribution < 1.29 is 23.9 Å². The quantitative estimate of drug-likeness (QED) is 0.462. The molecule has 6 nitrogen and oxygen atoms in total. The molecule has 0 saturated carbocycles. The van der Waals surface area contributed by atoms with Gasteiger partial charge in [-0.1, -0.05) is 0 Å². The predicted molar refractivity (Wildman–Crippen MR) is 72.5 cm³/mol. The molecule has 108 valence electrons. The first kappa shape index (κ1) is 15.7. The second-order valence-electron chi connectivity index (χ2n) is 4.66. The van der Waals surface area contributed by atoms with Crippen LogP contribution in [0.25, 0.3) is 0 Å². The van der Waals surface area contributed by atoms with Gasteiger partial charge in [0.2, 0.25) is 0 Å². The summed E-state index contributed by atoms with van der Waals surface area (Å²) in [6.45, 7) is 4.25. The molecule has 1 atom stereocenters. The first-order valence-corrected chi connectivity index (χ1v) is 7.44. The summed E-state index contributed by atoms with van der Waals surface area (Å²) >= 11 is 0. The largest absolute Gasteiger partial charge is 0.448 e. The highest BCUT2D eigenvalue weighted by Gasteiger charge is 2.26. The summed E-state index contributed by atoms with van der Waals surface area (Å²) in [6, 6.07) is 0. The van der Waals surface area contributed by atoms with Gasteiger partial charge in [0.15, 0.2) is 0 Å². The molecular weight excluding hydrogens is 266 g/mol. The van der Waals surface area contributed by atoms with E-state index in [1.807, 2.05) is 5.48 Å². The summed E-state index contributed by atoms with van der Waals surface area (Å²) in [5.74, 6) is -0.600. The number of carbonyl (C=O) groups excluding carboxylic acids is 2. The van der Waals surface area contributed by atoms with Gasteiger partial charge < -0.3 is 14.3 Å². The van der Waals surface area contributed by atoms with E-state index < -0.39 is 12.1 Å². The van der Waals surface area contributed by atoms with E-state index in [9.17, 15) is 9.59 Å². The number of amides is 1. The number of rotatable bonds is 3. The Morgan fingerprint density at radius 1 is 1.47 bits per heavy atom. The van der Waals surface area contributed by atoms with Crippen molar-refractivity contribution in [3.63, 3.8) is 0 Å². The summed E-state index contributed by atoms with van der Waals surface area (Å²) in [7, 11) is 0.807. The molecule has 1 aliphatic heterocycles. The highest BCUT2D eigenvalue weighted by Crippen LogP contribution is 2.24. The van der Waals surface area contributed by atoms with Gasteiger partial charge in [-0.2, -0.15) is 0 Å². The Balaban J connectivity index is 2.49. The molecule has 0 spiro atoms. The topological polar surface area (TPSA) is 73.9 Å². The minimum atomic E-state index is -0.779. The van der Waals surface area contributed by atoms with Gasteiger partial charge in [-0.05, 0) is 39.2 Å². The van der Waals surface area contributed by atoms with E-state index in [-0.39, 0.29) is 11.8 Å². The van der Waals surface area contributed by atoms with E-state index in [0.717, 1.165) is 36.1 Å². The maximum atomic E-state index is 11.7. The van der Waals surface area contributed by atoms with Gasteiger partial charge in [0.05, 0.1) is 11.8 Å². The molecule has 0 aliphatic carbocycles. The molecule has 0 bridgehead atoms. The van der Waals surface area contributed by atoms with Crippen LogP contribution in [0.2, 0.25) is 0 Å². The Morgan fingerprint density at radius 2 is 2.21 bits per heavy atom. The van der Waals surface area contributed by atoms with Crippen molar-refractivity contribution in [1.82, 2.24) is 5.48 Å². The van der Waals surface area contributed by atoms with Crippen molar-refractivity contribution in [2.24, 2.45) is 0 Å². The second-order valence-corrected chi connectivity index (χ2v) is 6.35. The third-order valence-corrected chi connectivity index (χ3v) is 3.92. The van der Waals surface area contributed by atoms with Crippen LogP contribution in [0.5, 0.6) is 0 Å². The molecule has 0 aromatic heterocycles. The minimum Gasteiger partial charge on any atom is -0.448 e. The van der Waals surface area contributed by atoms with Gasteiger partial charge in [0.1, 0.15) is 0 Å². The Kier molecular flexibility index (Phi) is 6.03. The van der Waals surface area contributed by atoms with Gasteiger partial charge in [0, 0.05) is 22.4 Å². The lowest BCUT2D eigenvalue weighted by atomic mass is 10.1. The van der Waals surface area contributed by atoms with Crippen LogP contribution in [0.4, 0.5) is 4.79 Å². The van der Waals surface area contributed by atoms with E-state index in [2.05, 4.69) is 9.57 Å². The van der Waals surface area contributed by atoms with Crippen LogP contribution >= 0.6 is 0 Å². The fourth-order valence-corrected chi connectivity index (χ4v) is 2.91. The summed E-state index contributed by atoms with van der Waals surface area (Å²) in [4.78, 5) is 27.3. The third-order valence-electron chi connectivity index (χ3n) is 2.85. The molecule has 7 heteroatoms. The molecular formula is C12H21NO5Si. The Hall–Kier alpha value is -1.34. The van der Waals surface area contributed by atoms with Crippen molar-refractivity contribution in [2.45, 2.75) is 38.3 Å². The number of hydroxylamine groups is 1. The average Bonchev–Trinajstić information content (AvgIpc) is 2.36. The first-order chi connectivity index (χ1) is 8.97. The second kappa shape index (κ2) is 7.30. The molecule has 1 aliphatic rings. The molecule has 1 heterocycles. The van der Waals surface area contributed by atoms with Gasteiger partial charge in [-0.15, -0.1) is 5.48 Å². The summed E-state index contributed by atoms with van der Waals surface area (Å²) in [6.07, 6.45) is 4.11. The lowest BCUT2D eigenvalue weighted by molar-refractivity contribution is -0.145.